The molecule has 1 aromatic carbocycles. The number of hydrogen-bond donors (Lipinski definition) is 1. The van der Waals surface area contributed by atoms with Crippen LogP contribution in [0.4, 0.5) is 0 Å². The largest absolute Gasteiger partial charge is 0.376 e. The second kappa shape index (κ2) is 8.93. The summed E-state index contributed by atoms with van der Waals surface area (Å²) in [6.45, 7) is 5.10. The normalized spacial score (nSPS) is 11.8. The maximum absolute atomic E-state index is 5.54. The molecule has 3 nitrogen and oxygen atoms in total. The van der Waals surface area contributed by atoms with Crippen molar-refractivity contribution in [1.29, 1.82) is 0 Å². The number of rotatable bonds is 8. The Balaban J connectivity index is 2.12. The number of benzene rings is 1. The van der Waals surface area contributed by atoms with Gasteiger partial charge < -0.3 is 15.2 Å². The Morgan fingerprint density at radius 1 is 1.24 bits per heavy atom. The van der Waals surface area contributed by atoms with Crippen molar-refractivity contribution in [3.8, 4) is 0 Å². The van der Waals surface area contributed by atoms with E-state index in [0.717, 1.165) is 0 Å². The van der Waals surface area contributed by atoms with Crippen LogP contribution in [-0.2, 0) is 16.1 Å². The molecule has 17 heavy (non-hydrogen) atoms. The quantitative estimate of drug-likeness (QED) is 0.554. The number of nitrogens with two attached hydrogens (primary N) is 1. The fourth-order valence-corrected chi connectivity index (χ4v) is 1.33. The zero-order valence-corrected chi connectivity index (χ0v) is 10.4. The van der Waals surface area contributed by atoms with E-state index < -0.39 is 0 Å². The van der Waals surface area contributed by atoms with E-state index >= 15 is 0 Å². The topological polar surface area (TPSA) is 44.5 Å². The SMILES string of the molecule is C/C(=C/COCc1ccccc1)COCCN. The van der Waals surface area contributed by atoms with E-state index in [2.05, 4.69) is 12.1 Å². The third-order valence-electron chi connectivity index (χ3n) is 2.25. The third-order valence-corrected chi connectivity index (χ3v) is 2.25. The molecule has 0 saturated heterocycles. The second-order valence-electron chi connectivity index (χ2n) is 3.89. The Bertz CT molecular complexity index is 322. The molecule has 0 aliphatic rings. The van der Waals surface area contributed by atoms with E-state index in [4.69, 9.17) is 15.2 Å². The van der Waals surface area contributed by atoms with Crippen LogP contribution in [-0.4, -0.2) is 26.4 Å². The minimum atomic E-state index is 0.567. The van der Waals surface area contributed by atoms with Gasteiger partial charge in [-0.05, 0) is 18.1 Å². The highest BCUT2D eigenvalue weighted by atomic mass is 16.5. The molecule has 0 amide bonds. The maximum Gasteiger partial charge on any atom is 0.0721 e. The first kappa shape index (κ1) is 13.9. The van der Waals surface area contributed by atoms with Gasteiger partial charge in [0.15, 0.2) is 0 Å². The van der Waals surface area contributed by atoms with Gasteiger partial charge >= 0.3 is 0 Å². The lowest BCUT2D eigenvalue weighted by atomic mass is 10.2. The molecule has 94 valence electrons. The van der Waals surface area contributed by atoms with Crippen LogP contribution in [0.2, 0.25) is 0 Å². The summed E-state index contributed by atoms with van der Waals surface area (Å²) >= 11 is 0. The average Bonchev–Trinajstić information content (AvgIpc) is 2.36. The molecule has 0 spiro atoms. The van der Waals surface area contributed by atoms with Gasteiger partial charge in [0, 0.05) is 6.54 Å². The van der Waals surface area contributed by atoms with Crippen molar-refractivity contribution in [2.24, 2.45) is 5.73 Å². The van der Waals surface area contributed by atoms with Gasteiger partial charge in [-0.1, -0.05) is 36.4 Å². The lowest BCUT2D eigenvalue weighted by Crippen LogP contribution is -2.09. The summed E-state index contributed by atoms with van der Waals surface area (Å²) < 4.78 is 10.9. The van der Waals surface area contributed by atoms with Gasteiger partial charge in [0.1, 0.15) is 0 Å². The van der Waals surface area contributed by atoms with E-state index in [1.807, 2.05) is 31.2 Å². The van der Waals surface area contributed by atoms with E-state index in [9.17, 15) is 0 Å². The predicted octanol–water partition coefficient (Wildman–Crippen LogP) is 2.12. The molecular formula is C14H21NO2. The molecule has 0 heterocycles. The molecule has 3 heteroatoms. The van der Waals surface area contributed by atoms with Crippen LogP contribution in [0.25, 0.3) is 0 Å². The Hall–Kier alpha value is -1.16. The maximum atomic E-state index is 5.54. The van der Waals surface area contributed by atoms with Crippen molar-refractivity contribution in [2.75, 3.05) is 26.4 Å². The zero-order valence-electron chi connectivity index (χ0n) is 10.4. The monoisotopic (exact) mass is 235 g/mol. The summed E-state index contributed by atoms with van der Waals surface area (Å²) in [5.74, 6) is 0. The Morgan fingerprint density at radius 3 is 2.71 bits per heavy atom. The Labute approximate surface area is 103 Å². The van der Waals surface area contributed by atoms with Crippen molar-refractivity contribution >= 4 is 0 Å². The molecule has 0 bridgehead atoms. The second-order valence-corrected chi connectivity index (χ2v) is 3.89. The molecule has 0 atom stereocenters. The fourth-order valence-electron chi connectivity index (χ4n) is 1.33. The van der Waals surface area contributed by atoms with Crippen molar-refractivity contribution < 1.29 is 9.47 Å². The summed E-state index contributed by atoms with van der Waals surface area (Å²) in [4.78, 5) is 0. The first-order valence-electron chi connectivity index (χ1n) is 5.88. The molecule has 0 aliphatic carbocycles. The molecule has 0 unspecified atom stereocenters. The standard InChI is InChI=1S/C14H21NO2/c1-13(11-17-10-8-15)7-9-16-12-14-5-3-2-4-6-14/h2-7H,8-12,15H2,1H3/b13-7-. The van der Waals surface area contributed by atoms with Crippen LogP contribution in [0.3, 0.4) is 0 Å². The first-order chi connectivity index (χ1) is 8.33. The van der Waals surface area contributed by atoms with E-state index in [1.54, 1.807) is 0 Å². The van der Waals surface area contributed by atoms with Crippen LogP contribution in [0.15, 0.2) is 42.0 Å². The number of hydrogen-bond acceptors (Lipinski definition) is 3. The van der Waals surface area contributed by atoms with Gasteiger partial charge in [0.05, 0.1) is 26.4 Å². The fraction of sp³-hybridized carbons (Fsp3) is 0.429. The van der Waals surface area contributed by atoms with Crippen LogP contribution in [0.5, 0.6) is 0 Å². The summed E-state index contributed by atoms with van der Waals surface area (Å²) in [5, 5.41) is 0. The lowest BCUT2D eigenvalue weighted by molar-refractivity contribution is 0.144. The smallest absolute Gasteiger partial charge is 0.0721 e. The molecule has 0 aromatic heterocycles. The highest BCUT2D eigenvalue weighted by Gasteiger charge is 1.92. The van der Waals surface area contributed by atoms with Gasteiger partial charge in [0.25, 0.3) is 0 Å². The third kappa shape index (κ3) is 6.89. The van der Waals surface area contributed by atoms with Crippen LogP contribution in [0.1, 0.15) is 12.5 Å². The van der Waals surface area contributed by atoms with Crippen LogP contribution < -0.4 is 5.73 Å². The minimum absolute atomic E-state index is 0.567. The summed E-state index contributed by atoms with van der Waals surface area (Å²) in [5.41, 5.74) is 7.70. The lowest BCUT2D eigenvalue weighted by Gasteiger charge is -2.04. The van der Waals surface area contributed by atoms with Gasteiger partial charge in [-0.2, -0.15) is 0 Å². The highest BCUT2D eigenvalue weighted by molar-refractivity contribution is 5.13. The zero-order chi connectivity index (χ0) is 12.3. The van der Waals surface area contributed by atoms with Crippen molar-refractivity contribution in [2.45, 2.75) is 13.5 Å². The average molecular weight is 235 g/mol. The summed E-state index contributed by atoms with van der Waals surface area (Å²) in [6.07, 6.45) is 2.04. The highest BCUT2D eigenvalue weighted by Crippen LogP contribution is 2.01. The summed E-state index contributed by atoms with van der Waals surface area (Å²) in [6, 6.07) is 10.1. The van der Waals surface area contributed by atoms with Crippen molar-refractivity contribution in [3.63, 3.8) is 0 Å². The van der Waals surface area contributed by atoms with Crippen LogP contribution >= 0.6 is 0 Å². The Kier molecular flexibility index (Phi) is 7.30. The molecule has 0 radical (unpaired) electrons. The summed E-state index contributed by atoms with van der Waals surface area (Å²) in [7, 11) is 0. The van der Waals surface area contributed by atoms with E-state index in [1.165, 1.54) is 11.1 Å². The van der Waals surface area contributed by atoms with Crippen LogP contribution in [0, 0.1) is 0 Å². The molecule has 0 fully saturated rings. The van der Waals surface area contributed by atoms with Gasteiger partial charge in [-0.3, -0.25) is 0 Å². The molecule has 0 saturated carbocycles. The minimum Gasteiger partial charge on any atom is -0.376 e. The van der Waals surface area contributed by atoms with Gasteiger partial charge in [-0.15, -0.1) is 0 Å². The molecule has 1 aromatic rings. The van der Waals surface area contributed by atoms with Crippen molar-refractivity contribution in [3.05, 3.63) is 47.5 Å². The molecule has 2 N–H and O–H groups in total. The molecule has 0 aliphatic heterocycles. The van der Waals surface area contributed by atoms with Crippen molar-refractivity contribution in [1.82, 2.24) is 0 Å². The molecular weight excluding hydrogens is 214 g/mol. The predicted molar refractivity (Wildman–Crippen MR) is 69.7 cm³/mol. The van der Waals surface area contributed by atoms with E-state index in [0.29, 0.717) is 33.0 Å². The number of ether oxygens (including phenoxy) is 2. The van der Waals surface area contributed by atoms with E-state index in [-0.39, 0.29) is 0 Å². The van der Waals surface area contributed by atoms with Gasteiger partial charge in [0.2, 0.25) is 0 Å². The Morgan fingerprint density at radius 2 is 2.00 bits per heavy atom. The first-order valence-corrected chi connectivity index (χ1v) is 5.88. The van der Waals surface area contributed by atoms with Gasteiger partial charge in [-0.25, -0.2) is 0 Å². The molecule has 1 rings (SSSR count).